The number of carbonyl (C=O) groups excluding carboxylic acids is 1. The smallest absolute Gasteiger partial charge is 0.305 e. The van der Waals surface area contributed by atoms with Gasteiger partial charge in [-0.3, -0.25) is 14.5 Å². The number of aromatic nitrogens is 1. The quantitative estimate of drug-likeness (QED) is 0.243. The number of amides is 1. The summed E-state index contributed by atoms with van der Waals surface area (Å²) in [6.45, 7) is 3.97. The summed E-state index contributed by atoms with van der Waals surface area (Å²) in [6.07, 6.45) is 9.34. The molecule has 0 unspecified atom stereocenters. The maximum atomic E-state index is 12.0. The number of primary amides is 1. The molecule has 9 heteroatoms. The first kappa shape index (κ1) is 28.1. The molecule has 3 aromatic rings. The van der Waals surface area contributed by atoms with E-state index in [0.717, 1.165) is 66.2 Å². The second-order valence-corrected chi connectivity index (χ2v) is 11.4. The van der Waals surface area contributed by atoms with Gasteiger partial charge in [0.25, 0.3) is 0 Å². The third kappa shape index (κ3) is 8.06. The van der Waals surface area contributed by atoms with Crippen LogP contribution in [0.25, 0.3) is 10.2 Å². The molecule has 1 aromatic heterocycles. The van der Waals surface area contributed by atoms with E-state index in [0.29, 0.717) is 24.5 Å². The number of aromatic amines is 1. The van der Waals surface area contributed by atoms with Crippen LogP contribution in [0.5, 0.6) is 11.5 Å². The van der Waals surface area contributed by atoms with Crippen molar-refractivity contribution in [2.45, 2.75) is 63.8 Å². The zero-order chi connectivity index (χ0) is 26.9. The number of benzene rings is 2. The number of nitrogens with zero attached hydrogens (tertiary/aromatic N) is 2. The molecule has 206 valence electrons. The highest BCUT2D eigenvalue weighted by Gasteiger charge is 2.22. The maximum Gasteiger partial charge on any atom is 0.305 e. The number of thiazole rings is 1. The molecular formula is C29H40N4O4S. The van der Waals surface area contributed by atoms with Crippen molar-refractivity contribution < 1.29 is 15.0 Å². The van der Waals surface area contributed by atoms with Gasteiger partial charge in [0.05, 0.1) is 4.70 Å². The van der Waals surface area contributed by atoms with E-state index in [-0.39, 0.29) is 22.3 Å². The van der Waals surface area contributed by atoms with Gasteiger partial charge in [-0.15, -0.1) is 0 Å². The first-order valence-electron chi connectivity index (χ1n) is 13.8. The van der Waals surface area contributed by atoms with Crippen LogP contribution in [-0.2, 0) is 17.6 Å². The Balaban J connectivity index is 1.45. The normalized spacial score (nSPS) is 14.9. The molecular weight excluding hydrogens is 500 g/mol. The van der Waals surface area contributed by atoms with Crippen molar-refractivity contribution >= 4 is 27.5 Å². The molecule has 1 aliphatic rings. The fourth-order valence-corrected chi connectivity index (χ4v) is 6.40. The Bertz CT molecular complexity index is 1250. The predicted octanol–water partition coefficient (Wildman–Crippen LogP) is 3.99. The number of phenols is 2. The molecule has 0 aliphatic heterocycles. The molecule has 38 heavy (non-hydrogen) atoms. The van der Waals surface area contributed by atoms with E-state index in [2.05, 4.69) is 14.8 Å². The minimum absolute atomic E-state index is 0.111. The number of aromatic hydroxyl groups is 2. The van der Waals surface area contributed by atoms with Gasteiger partial charge in [0.15, 0.2) is 0 Å². The SMILES string of the molecule is NC(=O)CCN(CCc1cccc(O)c1)CCN(CCc1ccc(O)c2[nH]c(=O)sc12)C1CCCCCC1. The molecule has 2 aromatic carbocycles. The summed E-state index contributed by atoms with van der Waals surface area (Å²) in [5, 5.41) is 20.0. The number of hydrogen-bond acceptors (Lipinski definition) is 7. The average Bonchev–Trinajstić information content (AvgIpc) is 3.10. The van der Waals surface area contributed by atoms with E-state index < -0.39 is 0 Å². The van der Waals surface area contributed by atoms with Gasteiger partial charge in [-0.25, -0.2) is 0 Å². The molecule has 0 radical (unpaired) electrons. The van der Waals surface area contributed by atoms with Crippen LogP contribution in [0.15, 0.2) is 41.2 Å². The minimum atomic E-state index is -0.296. The predicted molar refractivity (Wildman–Crippen MR) is 153 cm³/mol. The van der Waals surface area contributed by atoms with Crippen molar-refractivity contribution in [1.82, 2.24) is 14.8 Å². The van der Waals surface area contributed by atoms with Crippen LogP contribution in [-0.4, -0.2) is 69.7 Å². The molecule has 1 saturated carbocycles. The molecule has 0 bridgehead atoms. The summed E-state index contributed by atoms with van der Waals surface area (Å²) < 4.78 is 0.838. The first-order chi connectivity index (χ1) is 18.4. The zero-order valence-corrected chi connectivity index (χ0v) is 22.8. The van der Waals surface area contributed by atoms with E-state index in [4.69, 9.17) is 5.73 Å². The third-order valence-electron chi connectivity index (χ3n) is 7.65. The van der Waals surface area contributed by atoms with E-state index in [9.17, 15) is 19.8 Å². The molecule has 0 saturated heterocycles. The lowest BCUT2D eigenvalue weighted by Crippen LogP contribution is -2.43. The molecule has 1 aliphatic carbocycles. The second-order valence-electron chi connectivity index (χ2n) is 10.4. The van der Waals surface area contributed by atoms with Crippen molar-refractivity contribution in [2.75, 3.05) is 32.7 Å². The number of nitrogens with one attached hydrogen (secondary N) is 1. The van der Waals surface area contributed by atoms with Gasteiger partial charge in [0.2, 0.25) is 5.91 Å². The van der Waals surface area contributed by atoms with Crippen molar-refractivity contribution in [1.29, 1.82) is 0 Å². The van der Waals surface area contributed by atoms with Crippen molar-refractivity contribution in [3.05, 3.63) is 57.2 Å². The molecule has 1 heterocycles. The fourth-order valence-electron chi connectivity index (χ4n) is 5.51. The lowest BCUT2D eigenvalue weighted by atomic mass is 10.0. The lowest BCUT2D eigenvalue weighted by Gasteiger charge is -2.33. The Morgan fingerprint density at radius 2 is 1.76 bits per heavy atom. The number of carbonyl (C=O) groups is 1. The maximum absolute atomic E-state index is 12.0. The Hall–Kier alpha value is -2.88. The van der Waals surface area contributed by atoms with E-state index in [1.54, 1.807) is 18.2 Å². The Kier molecular flexibility index (Phi) is 10.2. The summed E-state index contributed by atoms with van der Waals surface area (Å²) in [6, 6.07) is 11.4. The first-order valence-corrected chi connectivity index (χ1v) is 14.6. The van der Waals surface area contributed by atoms with Crippen LogP contribution in [0.1, 0.15) is 56.1 Å². The zero-order valence-electron chi connectivity index (χ0n) is 22.0. The van der Waals surface area contributed by atoms with Gasteiger partial charge in [0.1, 0.15) is 17.0 Å². The topological polar surface area (TPSA) is 123 Å². The van der Waals surface area contributed by atoms with Crippen LogP contribution in [0, 0.1) is 0 Å². The fraction of sp³-hybridized carbons (Fsp3) is 0.517. The molecule has 1 amide bonds. The number of rotatable bonds is 13. The number of H-pyrrole nitrogens is 1. The van der Waals surface area contributed by atoms with Crippen LogP contribution in [0.4, 0.5) is 0 Å². The van der Waals surface area contributed by atoms with Crippen LogP contribution in [0.3, 0.4) is 0 Å². The summed E-state index contributed by atoms with van der Waals surface area (Å²) in [7, 11) is 0. The van der Waals surface area contributed by atoms with Gasteiger partial charge >= 0.3 is 4.87 Å². The van der Waals surface area contributed by atoms with Gasteiger partial charge in [-0.1, -0.05) is 55.2 Å². The van der Waals surface area contributed by atoms with E-state index in [1.807, 2.05) is 18.2 Å². The number of phenolic OH excluding ortho intramolecular Hbond substituents is 2. The molecule has 4 rings (SSSR count). The number of nitrogens with two attached hydrogens (primary N) is 1. The Labute approximate surface area is 228 Å². The third-order valence-corrected chi connectivity index (χ3v) is 8.61. The lowest BCUT2D eigenvalue weighted by molar-refractivity contribution is -0.118. The summed E-state index contributed by atoms with van der Waals surface area (Å²) >= 11 is 1.16. The molecule has 1 fully saturated rings. The highest BCUT2D eigenvalue weighted by atomic mass is 32.1. The molecule has 8 nitrogen and oxygen atoms in total. The van der Waals surface area contributed by atoms with Gasteiger partial charge in [-0.2, -0.15) is 0 Å². The standard InChI is InChI=1S/C29H40N4O4S/c30-26(36)14-16-32(15-12-21-6-5-9-24(34)20-21)18-19-33(23-7-3-1-2-4-8-23)17-13-22-10-11-25(35)27-28(22)38-29(37)31-27/h5-6,9-11,20,23,34-35H,1-4,7-8,12-19H2,(H2,30,36)(H,31,37). The summed E-state index contributed by atoms with van der Waals surface area (Å²) in [5.74, 6) is 0.0795. The highest BCUT2D eigenvalue weighted by molar-refractivity contribution is 7.16. The van der Waals surface area contributed by atoms with Crippen molar-refractivity contribution in [3.8, 4) is 11.5 Å². The van der Waals surface area contributed by atoms with Gasteiger partial charge in [-0.05, 0) is 55.0 Å². The van der Waals surface area contributed by atoms with Crippen LogP contribution >= 0.6 is 11.3 Å². The minimum Gasteiger partial charge on any atom is -0.508 e. The summed E-state index contributed by atoms with van der Waals surface area (Å²) in [4.78, 5) is 31.0. The van der Waals surface area contributed by atoms with Crippen molar-refractivity contribution in [3.63, 3.8) is 0 Å². The Morgan fingerprint density at radius 1 is 0.974 bits per heavy atom. The van der Waals surface area contributed by atoms with E-state index >= 15 is 0 Å². The number of fused-ring (bicyclic) bond motifs is 1. The monoisotopic (exact) mass is 540 g/mol. The van der Waals surface area contributed by atoms with Crippen LogP contribution < -0.4 is 10.6 Å². The number of hydrogen-bond donors (Lipinski definition) is 4. The average molecular weight is 541 g/mol. The largest absolute Gasteiger partial charge is 0.508 e. The Morgan fingerprint density at radius 3 is 2.50 bits per heavy atom. The van der Waals surface area contributed by atoms with E-state index in [1.165, 1.54) is 38.5 Å². The highest BCUT2D eigenvalue weighted by Crippen LogP contribution is 2.29. The summed E-state index contributed by atoms with van der Waals surface area (Å²) in [5.41, 5.74) is 8.15. The van der Waals surface area contributed by atoms with Crippen LogP contribution in [0.2, 0.25) is 0 Å². The molecule has 0 atom stereocenters. The second kappa shape index (κ2) is 13.8. The molecule has 5 N–H and O–H groups in total. The van der Waals surface area contributed by atoms with Gasteiger partial charge < -0.3 is 25.8 Å². The molecule has 0 spiro atoms. The van der Waals surface area contributed by atoms with Gasteiger partial charge in [0, 0.05) is 45.2 Å². The van der Waals surface area contributed by atoms with Crippen molar-refractivity contribution in [2.24, 2.45) is 5.73 Å².